The van der Waals surface area contributed by atoms with E-state index < -0.39 is 0 Å². The van der Waals surface area contributed by atoms with E-state index in [1.54, 1.807) is 12.1 Å². The van der Waals surface area contributed by atoms with Crippen LogP contribution in [0.1, 0.15) is 5.56 Å². The van der Waals surface area contributed by atoms with Gasteiger partial charge in [0, 0.05) is 0 Å². The van der Waals surface area contributed by atoms with Crippen molar-refractivity contribution in [2.24, 2.45) is 0 Å². The topological polar surface area (TPSA) is 35.3 Å². The van der Waals surface area contributed by atoms with Gasteiger partial charge in [-0.1, -0.05) is 17.3 Å². The molecule has 4 heteroatoms. The molecule has 0 saturated carbocycles. The fraction of sp³-hybridized carbons (Fsp3) is 0.100. The van der Waals surface area contributed by atoms with Gasteiger partial charge in [-0.2, -0.15) is 0 Å². The predicted octanol–water partition coefficient (Wildman–Crippen LogP) is 2.39. The van der Waals surface area contributed by atoms with Crippen molar-refractivity contribution >= 4 is 0 Å². The van der Waals surface area contributed by atoms with E-state index in [4.69, 9.17) is 4.74 Å². The van der Waals surface area contributed by atoms with E-state index in [0.29, 0.717) is 12.4 Å². The van der Waals surface area contributed by atoms with E-state index in [1.165, 1.54) is 24.6 Å². The Balaban J connectivity index is 1.98. The quantitative estimate of drug-likeness (QED) is 0.750. The zero-order valence-electron chi connectivity index (χ0n) is 7.31. The van der Waals surface area contributed by atoms with Crippen LogP contribution in [0.3, 0.4) is 0 Å². The van der Waals surface area contributed by atoms with Gasteiger partial charge in [0.25, 0.3) is 0 Å². The van der Waals surface area contributed by atoms with Gasteiger partial charge >= 0.3 is 0 Å². The van der Waals surface area contributed by atoms with Gasteiger partial charge in [-0.25, -0.2) is 4.39 Å². The minimum atomic E-state index is -0.267. The molecule has 2 aromatic rings. The highest BCUT2D eigenvalue weighted by Gasteiger charge is 1.98. The average Bonchev–Trinajstić information content (AvgIpc) is 2.67. The van der Waals surface area contributed by atoms with Crippen LogP contribution in [0.2, 0.25) is 0 Å². The van der Waals surface area contributed by atoms with Crippen LogP contribution in [-0.2, 0) is 6.61 Å². The summed E-state index contributed by atoms with van der Waals surface area (Å²) in [5, 5.41) is 3.48. The lowest BCUT2D eigenvalue weighted by molar-refractivity contribution is 0.301. The van der Waals surface area contributed by atoms with Gasteiger partial charge in [0.1, 0.15) is 18.6 Å². The molecule has 0 saturated heterocycles. The molecule has 0 amide bonds. The lowest BCUT2D eigenvalue weighted by atomic mass is 10.2. The van der Waals surface area contributed by atoms with Crippen LogP contribution in [0.5, 0.6) is 5.75 Å². The van der Waals surface area contributed by atoms with E-state index in [2.05, 4.69) is 9.68 Å². The van der Waals surface area contributed by atoms with E-state index in [-0.39, 0.29) is 5.82 Å². The molecule has 0 aliphatic heterocycles. The Hall–Kier alpha value is -1.84. The van der Waals surface area contributed by atoms with Crippen LogP contribution >= 0.6 is 0 Å². The summed E-state index contributed by atoms with van der Waals surface area (Å²) in [6.07, 6.45) is 2.85. The fourth-order valence-electron chi connectivity index (χ4n) is 1.06. The zero-order chi connectivity index (χ0) is 9.80. The predicted molar refractivity (Wildman–Crippen MR) is 47.2 cm³/mol. The monoisotopic (exact) mass is 193 g/mol. The van der Waals surface area contributed by atoms with Crippen molar-refractivity contribution in [2.45, 2.75) is 6.61 Å². The third-order valence-corrected chi connectivity index (χ3v) is 1.70. The molecule has 1 aromatic carbocycles. The highest BCUT2D eigenvalue weighted by atomic mass is 19.1. The molecule has 1 aromatic heterocycles. The molecule has 0 fully saturated rings. The number of nitrogens with zero attached hydrogens (tertiary/aromatic N) is 1. The van der Waals surface area contributed by atoms with Gasteiger partial charge in [-0.3, -0.25) is 0 Å². The number of rotatable bonds is 3. The molecule has 0 N–H and O–H groups in total. The van der Waals surface area contributed by atoms with Crippen molar-refractivity contribution in [2.75, 3.05) is 0 Å². The summed E-state index contributed by atoms with van der Waals surface area (Å²) in [5.41, 5.74) is 0.770. The molecule has 2 rings (SSSR count). The Bertz CT molecular complexity index is 400. The molecule has 3 nitrogen and oxygen atoms in total. The van der Waals surface area contributed by atoms with Crippen LogP contribution in [0, 0.1) is 5.82 Å². The number of halogens is 1. The van der Waals surface area contributed by atoms with Crippen molar-refractivity contribution in [3.63, 3.8) is 0 Å². The van der Waals surface area contributed by atoms with Crippen molar-refractivity contribution in [3.8, 4) is 5.75 Å². The SMILES string of the molecule is Fc1cccc(COc2cnoc2)c1. The first kappa shape index (κ1) is 8.74. The molecular formula is C10H8FNO2. The van der Waals surface area contributed by atoms with Gasteiger partial charge < -0.3 is 9.26 Å². The summed E-state index contributed by atoms with van der Waals surface area (Å²) in [6, 6.07) is 6.24. The number of hydrogen-bond acceptors (Lipinski definition) is 3. The Labute approximate surface area is 80.1 Å². The summed E-state index contributed by atoms with van der Waals surface area (Å²) in [7, 11) is 0. The first-order valence-corrected chi connectivity index (χ1v) is 4.11. The van der Waals surface area contributed by atoms with Gasteiger partial charge in [0.2, 0.25) is 0 Å². The second-order valence-electron chi connectivity index (χ2n) is 2.78. The summed E-state index contributed by atoms with van der Waals surface area (Å²) in [4.78, 5) is 0. The minimum Gasteiger partial charge on any atom is -0.484 e. The molecule has 0 bridgehead atoms. The standard InChI is InChI=1S/C10H8FNO2/c11-9-3-1-2-8(4-9)6-13-10-5-12-14-7-10/h1-5,7H,6H2. The summed E-state index contributed by atoms with van der Waals surface area (Å²) in [5.74, 6) is 0.269. The van der Waals surface area contributed by atoms with Crippen LogP contribution in [-0.4, -0.2) is 5.16 Å². The molecule has 0 aliphatic carbocycles. The Morgan fingerprint density at radius 1 is 1.43 bits per heavy atom. The lowest BCUT2D eigenvalue weighted by Crippen LogP contribution is -1.94. The molecule has 1 heterocycles. The fourth-order valence-corrected chi connectivity index (χ4v) is 1.06. The zero-order valence-corrected chi connectivity index (χ0v) is 7.31. The Morgan fingerprint density at radius 2 is 2.36 bits per heavy atom. The second kappa shape index (κ2) is 3.91. The number of benzene rings is 1. The van der Waals surface area contributed by atoms with Crippen molar-refractivity contribution in [1.82, 2.24) is 5.16 Å². The maximum atomic E-state index is 12.7. The molecule has 72 valence electrons. The minimum absolute atomic E-state index is 0.267. The summed E-state index contributed by atoms with van der Waals surface area (Å²) >= 11 is 0. The summed E-state index contributed by atoms with van der Waals surface area (Å²) < 4.78 is 22.6. The third-order valence-electron chi connectivity index (χ3n) is 1.70. The van der Waals surface area contributed by atoms with Gasteiger partial charge in [-0.15, -0.1) is 0 Å². The largest absolute Gasteiger partial charge is 0.484 e. The van der Waals surface area contributed by atoms with Crippen LogP contribution < -0.4 is 4.74 Å². The molecule has 0 atom stereocenters. The molecule has 14 heavy (non-hydrogen) atoms. The van der Waals surface area contributed by atoms with E-state index in [1.807, 2.05) is 0 Å². The number of ether oxygens (including phenoxy) is 1. The number of hydrogen-bond donors (Lipinski definition) is 0. The van der Waals surface area contributed by atoms with Crippen LogP contribution in [0.4, 0.5) is 4.39 Å². The van der Waals surface area contributed by atoms with Gasteiger partial charge in [0.05, 0.1) is 0 Å². The number of aromatic nitrogens is 1. The second-order valence-corrected chi connectivity index (χ2v) is 2.78. The van der Waals surface area contributed by atoms with Crippen molar-refractivity contribution in [3.05, 3.63) is 48.1 Å². The van der Waals surface area contributed by atoms with Gasteiger partial charge in [0.15, 0.2) is 12.0 Å². The lowest BCUT2D eigenvalue weighted by Gasteiger charge is -2.02. The van der Waals surface area contributed by atoms with E-state index in [0.717, 1.165) is 5.56 Å². The highest BCUT2D eigenvalue weighted by molar-refractivity contribution is 5.17. The molecule has 0 aliphatic rings. The Morgan fingerprint density at radius 3 is 3.07 bits per heavy atom. The smallest absolute Gasteiger partial charge is 0.179 e. The van der Waals surface area contributed by atoms with Crippen LogP contribution in [0.25, 0.3) is 0 Å². The van der Waals surface area contributed by atoms with Gasteiger partial charge in [-0.05, 0) is 17.7 Å². The Kier molecular flexibility index (Phi) is 2.44. The molecule has 0 radical (unpaired) electrons. The van der Waals surface area contributed by atoms with Crippen molar-refractivity contribution in [1.29, 1.82) is 0 Å². The normalized spacial score (nSPS) is 10.1. The van der Waals surface area contributed by atoms with E-state index >= 15 is 0 Å². The first-order chi connectivity index (χ1) is 6.84. The average molecular weight is 193 g/mol. The molecule has 0 spiro atoms. The van der Waals surface area contributed by atoms with Crippen LogP contribution in [0.15, 0.2) is 41.2 Å². The molecular weight excluding hydrogens is 185 g/mol. The van der Waals surface area contributed by atoms with Crippen molar-refractivity contribution < 1.29 is 13.7 Å². The van der Waals surface area contributed by atoms with E-state index in [9.17, 15) is 4.39 Å². The first-order valence-electron chi connectivity index (χ1n) is 4.11. The summed E-state index contributed by atoms with van der Waals surface area (Å²) in [6.45, 7) is 0.305. The maximum Gasteiger partial charge on any atom is 0.179 e. The third kappa shape index (κ3) is 2.10. The highest BCUT2D eigenvalue weighted by Crippen LogP contribution is 2.11. The molecule has 0 unspecified atom stereocenters. The maximum absolute atomic E-state index is 12.7.